The van der Waals surface area contributed by atoms with Gasteiger partial charge in [0.15, 0.2) is 0 Å². The Hall–Kier alpha value is -2.12. The first-order valence-electron chi connectivity index (χ1n) is 14.5. The molecular formula is C32H50N2O4. The number of benzene rings is 2. The predicted octanol–water partition coefficient (Wildman–Crippen LogP) is 5.57. The molecule has 0 unspecified atom stereocenters. The van der Waals surface area contributed by atoms with Crippen molar-refractivity contribution < 1.29 is 19.3 Å². The van der Waals surface area contributed by atoms with E-state index in [1.165, 1.54) is 11.1 Å². The van der Waals surface area contributed by atoms with Gasteiger partial charge in [-0.15, -0.1) is 0 Å². The first-order valence-corrected chi connectivity index (χ1v) is 14.5. The van der Waals surface area contributed by atoms with E-state index in [2.05, 4.69) is 80.9 Å². The van der Waals surface area contributed by atoms with E-state index in [1.54, 1.807) is 0 Å². The quantitative estimate of drug-likeness (QED) is 0.272. The van der Waals surface area contributed by atoms with Crippen LogP contribution in [0.2, 0.25) is 0 Å². The summed E-state index contributed by atoms with van der Waals surface area (Å²) in [5.74, 6) is 2.58. The van der Waals surface area contributed by atoms with Crippen molar-refractivity contribution in [1.82, 2.24) is 9.80 Å². The molecule has 2 aromatic carbocycles. The Bertz CT molecular complexity index is 964. The van der Waals surface area contributed by atoms with Crippen LogP contribution in [0.1, 0.15) is 50.7 Å². The van der Waals surface area contributed by atoms with Gasteiger partial charge in [-0.05, 0) is 86.9 Å². The summed E-state index contributed by atoms with van der Waals surface area (Å²) in [5, 5.41) is 9.70. The van der Waals surface area contributed by atoms with E-state index >= 15 is 0 Å². The number of β-amino-alcohol motifs (C(OH)–C–C–N with tert-alkyl or cyclic N) is 1. The molecule has 0 amide bonds. The molecular weight excluding hydrogens is 476 g/mol. The van der Waals surface area contributed by atoms with Crippen LogP contribution in [0, 0.1) is 19.8 Å². The van der Waals surface area contributed by atoms with Crippen molar-refractivity contribution in [2.75, 3.05) is 66.2 Å². The molecule has 1 N–H and O–H groups in total. The molecule has 3 rings (SSSR count). The third kappa shape index (κ3) is 9.88. The Morgan fingerprint density at radius 2 is 1.53 bits per heavy atom. The number of ether oxygens (including phenoxy) is 3. The van der Waals surface area contributed by atoms with E-state index in [1.807, 2.05) is 0 Å². The van der Waals surface area contributed by atoms with Crippen molar-refractivity contribution in [2.24, 2.45) is 5.92 Å². The smallest absolute Gasteiger partial charge is 0.122 e. The van der Waals surface area contributed by atoms with Crippen LogP contribution in [0.3, 0.4) is 0 Å². The molecule has 1 saturated heterocycles. The maximum atomic E-state index is 9.70. The third-order valence-corrected chi connectivity index (χ3v) is 7.38. The number of likely N-dealkylation sites (tertiary alicyclic amines) is 1. The lowest BCUT2D eigenvalue weighted by atomic mass is 9.95. The van der Waals surface area contributed by atoms with Crippen LogP contribution >= 0.6 is 0 Å². The van der Waals surface area contributed by atoms with E-state index in [4.69, 9.17) is 14.2 Å². The summed E-state index contributed by atoms with van der Waals surface area (Å²) < 4.78 is 18.1. The number of aliphatic hydroxyl groups is 1. The Balaban J connectivity index is 1.46. The summed E-state index contributed by atoms with van der Waals surface area (Å²) in [6.07, 6.45) is 3.78. The monoisotopic (exact) mass is 526 g/mol. The minimum atomic E-state index is -0.163. The largest absolute Gasteiger partial charge is 0.493 e. The van der Waals surface area contributed by atoms with Crippen LogP contribution in [0.25, 0.3) is 11.1 Å². The van der Waals surface area contributed by atoms with Crippen molar-refractivity contribution in [3.63, 3.8) is 0 Å². The molecule has 212 valence electrons. The number of nitrogens with zero attached hydrogens (tertiary/aromatic N) is 2. The van der Waals surface area contributed by atoms with Gasteiger partial charge in [-0.25, -0.2) is 0 Å². The number of hydrogen-bond acceptors (Lipinski definition) is 6. The van der Waals surface area contributed by atoms with Crippen LogP contribution in [0.5, 0.6) is 11.5 Å². The van der Waals surface area contributed by atoms with E-state index in [0.717, 1.165) is 94.2 Å². The van der Waals surface area contributed by atoms with Crippen LogP contribution in [-0.2, 0) is 4.74 Å². The Labute approximate surface area is 230 Å². The zero-order chi connectivity index (χ0) is 27.3. The normalized spacial score (nSPS) is 16.1. The molecule has 1 aliphatic rings. The van der Waals surface area contributed by atoms with Crippen LogP contribution in [0.4, 0.5) is 0 Å². The van der Waals surface area contributed by atoms with Crippen molar-refractivity contribution >= 4 is 0 Å². The SMILES string of the molecule is Cc1c(OCCCN(C)CCOCCC(C)C)cccc1-c1cccc(OCCCN2CC[C@@H](O)C2)c1C. The highest BCUT2D eigenvalue weighted by Crippen LogP contribution is 2.35. The van der Waals surface area contributed by atoms with E-state index < -0.39 is 0 Å². The molecule has 0 bridgehead atoms. The van der Waals surface area contributed by atoms with Gasteiger partial charge in [0, 0.05) is 39.3 Å². The van der Waals surface area contributed by atoms with Gasteiger partial charge in [0.25, 0.3) is 0 Å². The zero-order valence-electron chi connectivity index (χ0n) is 24.4. The molecule has 1 aliphatic heterocycles. The Morgan fingerprint density at radius 1 is 0.895 bits per heavy atom. The fourth-order valence-corrected chi connectivity index (χ4v) is 4.88. The topological polar surface area (TPSA) is 54.4 Å². The minimum Gasteiger partial charge on any atom is -0.493 e. The summed E-state index contributed by atoms with van der Waals surface area (Å²) in [7, 11) is 2.15. The van der Waals surface area contributed by atoms with E-state index in [-0.39, 0.29) is 6.10 Å². The second kappa shape index (κ2) is 16.1. The van der Waals surface area contributed by atoms with Crippen molar-refractivity contribution in [1.29, 1.82) is 0 Å². The second-order valence-electron chi connectivity index (χ2n) is 11.1. The highest BCUT2D eigenvalue weighted by molar-refractivity contribution is 5.74. The number of aliphatic hydroxyl groups excluding tert-OH is 1. The van der Waals surface area contributed by atoms with Crippen molar-refractivity contribution in [3.8, 4) is 22.6 Å². The molecule has 0 aromatic heterocycles. The molecule has 6 nitrogen and oxygen atoms in total. The zero-order valence-corrected chi connectivity index (χ0v) is 24.4. The minimum absolute atomic E-state index is 0.163. The molecule has 1 fully saturated rings. The Kier molecular flexibility index (Phi) is 12.9. The van der Waals surface area contributed by atoms with Crippen LogP contribution in [-0.4, -0.2) is 87.2 Å². The van der Waals surface area contributed by atoms with Gasteiger partial charge in [-0.1, -0.05) is 38.1 Å². The lowest BCUT2D eigenvalue weighted by molar-refractivity contribution is 0.101. The van der Waals surface area contributed by atoms with Gasteiger partial charge >= 0.3 is 0 Å². The van der Waals surface area contributed by atoms with E-state index in [0.29, 0.717) is 19.1 Å². The Morgan fingerprint density at radius 3 is 2.11 bits per heavy atom. The predicted molar refractivity (Wildman–Crippen MR) is 156 cm³/mol. The molecule has 38 heavy (non-hydrogen) atoms. The number of rotatable bonds is 17. The van der Waals surface area contributed by atoms with Gasteiger partial charge in [0.1, 0.15) is 11.5 Å². The van der Waals surface area contributed by atoms with Gasteiger partial charge in [0.2, 0.25) is 0 Å². The molecule has 0 aliphatic carbocycles. The summed E-state index contributed by atoms with van der Waals surface area (Å²) >= 11 is 0. The maximum Gasteiger partial charge on any atom is 0.122 e. The number of hydrogen-bond donors (Lipinski definition) is 1. The summed E-state index contributed by atoms with van der Waals surface area (Å²) in [6, 6.07) is 12.6. The van der Waals surface area contributed by atoms with Crippen LogP contribution < -0.4 is 9.47 Å². The molecule has 1 atom stereocenters. The summed E-state index contributed by atoms with van der Waals surface area (Å²) in [5.41, 5.74) is 4.69. The van der Waals surface area contributed by atoms with Gasteiger partial charge in [-0.3, -0.25) is 0 Å². The van der Waals surface area contributed by atoms with Crippen molar-refractivity contribution in [2.45, 2.75) is 59.5 Å². The van der Waals surface area contributed by atoms with Crippen LogP contribution in [0.15, 0.2) is 36.4 Å². The highest BCUT2D eigenvalue weighted by Gasteiger charge is 2.19. The molecule has 0 spiro atoms. The van der Waals surface area contributed by atoms with E-state index in [9.17, 15) is 5.11 Å². The summed E-state index contributed by atoms with van der Waals surface area (Å²) in [6.45, 7) is 16.4. The second-order valence-corrected chi connectivity index (χ2v) is 11.1. The fourth-order valence-electron chi connectivity index (χ4n) is 4.88. The summed E-state index contributed by atoms with van der Waals surface area (Å²) in [4.78, 5) is 4.62. The molecule has 1 heterocycles. The van der Waals surface area contributed by atoms with Gasteiger partial charge in [-0.2, -0.15) is 0 Å². The van der Waals surface area contributed by atoms with Gasteiger partial charge < -0.3 is 29.1 Å². The molecule has 2 aromatic rings. The van der Waals surface area contributed by atoms with Gasteiger partial charge in [0.05, 0.1) is 25.9 Å². The average molecular weight is 527 g/mol. The first kappa shape index (κ1) is 30.4. The molecule has 0 radical (unpaired) electrons. The first-order chi connectivity index (χ1) is 18.3. The molecule has 0 saturated carbocycles. The third-order valence-electron chi connectivity index (χ3n) is 7.38. The standard InChI is InChI=1S/C32H50N2O4/c1-25(2)15-22-36-23-19-33(5)16-8-20-37-31-12-6-10-29(26(31)3)30-11-7-13-32(27(30)4)38-21-9-17-34-18-14-28(35)24-34/h6-7,10-13,25,28,35H,8-9,14-24H2,1-5H3/t28-/m1/s1. The lowest BCUT2D eigenvalue weighted by Crippen LogP contribution is -2.25. The maximum absolute atomic E-state index is 9.70. The highest BCUT2D eigenvalue weighted by atomic mass is 16.5. The molecule has 6 heteroatoms. The van der Waals surface area contributed by atoms with Crippen molar-refractivity contribution in [3.05, 3.63) is 47.5 Å². The fraction of sp³-hybridized carbons (Fsp3) is 0.625. The average Bonchev–Trinajstić information content (AvgIpc) is 3.31. The lowest BCUT2D eigenvalue weighted by Gasteiger charge is -2.19. The number of likely N-dealkylation sites (N-methyl/N-ethyl adjacent to an activating group) is 1.